The number of nitrogens with zero attached hydrogens (tertiary/aromatic N) is 2. The number of fused-ring (bicyclic) bond motifs is 1. The third-order valence-corrected chi connectivity index (χ3v) is 4.02. The second kappa shape index (κ2) is 6.09. The maximum Gasteiger partial charge on any atom is 0.275 e. The molecule has 3 rings (SSSR count). The summed E-state index contributed by atoms with van der Waals surface area (Å²) < 4.78 is 6.34. The summed E-state index contributed by atoms with van der Waals surface area (Å²) in [7, 11) is 1.55. The van der Waals surface area contributed by atoms with Gasteiger partial charge in [0.1, 0.15) is 5.75 Å². The molecule has 0 aliphatic carbocycles. The Bertz CT molecular complexity index is 932. The Balaban J connectivity index is 1.84. The average molecular weight is 331 g/mol. The first-order chi connectivity index (χ1) is 11.1. The minimum absolute atomic E-state index is 0.196. The fraction of sp³-hybridized carbons (Fsp3) is 0.133. The lowest BCUT2D eigenvalue weighted by molar-refractivity contribution is 0.0945. The van der Waals surface area contributed by atoms with Gasteiger partial charge in [-0.3, -0.25) is 14.0 Å². The number of carbonyl (C=O) groups excluding carboxylic acids is 1. The molecule has 0 saturated carbocycles. The van der Waals surface area contributed by atoms with E-state index in [1.807, 2.05) is 6.07 Å². The zero-order valence-electron chi connectivity index (χ0n) is 12.1. The molecule has 3 aromatic rings. The van der Waals surface area contributed by atoms with Gasteiger partial charge in [0.2, 0.25) is 5.88 Å². The number of aromatic hydroxyl groups is 1. The quantitative estimate of drug-likeness (QED) is 0.754. The molecule has 2 N–H and O–H groups in total. The van der Waals surface area contributed by atoms with Crippen LogP contribution in [0.25, 0.3) is 4.96 Å². The zero-order valence-corrected chi connectivity index (χ0v) is 13.0. The van der Waals surface area contributed by atoms with Gasteiger partial charge in [0.05, 0.1) is 7.11 Å². The van der Waals surface area contributed by atoms with Crippen molar-refractivity contribution in [3.8, 4) is 11.6 Å². The molecule has 2 heterocycles. The monoisotopic (exact) mass is 331 g/mol. The van der Waals surface area contributed by atoms with Crippen molar-refractivity contribution in [2.45, 2.75) is 6.54 Å². The van der Waals surface area contributed by atoms with E-state index in [4.69, 9.17) is 4.74 Å². The van der Waals surface area contributed by atoms with Crippen LogP contribution >= 0.6 is 11.3 Å². The Morgan fingerprint density at radius 3 is 3.09 bits per heavy atom. The van der Waals surface area contributed by atoms with Crippen molar-refractivity contribution in [1.29, 1.82) is 0 Å². The summed E-state index contributed by atoms with van der Waals surface area (Å²) >= 11 is 1.20. The van der Waals surface area contributed by atoms with E-state index in [1.54, 1.807) is 30.7 Å². The SMILES string of the molecule is COc1cccc(CNC(=O)c2c(O)nc3sccn3c2=O)c1. The van der Waals surface area contributed by atoms with Crippen LogP contribution in [-0.2, 0) is 6.54 Å². The van der Waals surface area contributed by atoms with E-state index in [2.05, 4.69) is 10.3 Å². The van der Waals surface area contributed by atoms with Crippen LogP contribution in [0.5, 0.6) is 11.6 Å². The number of rotatable bonds is 4. The molecule has 23 heavy (non-hydrogen) atoms. The van der Waals surface area contributed by atoms with Crippen LogP contribution in [0.2, 0.25) is 0 Å². The van der Waals surface area contributed by atoms with Gasteiger partial charge in [-0.1, -0.05) is 12.1 Å². The average Bonchev–Trinajstić information content (AvgIpc) is 3.01. The number of benzene rings is 1. The summed E-state index contributed by atoms with van der Waals surface area (Å²) in [5, 5.41) is 14.1. The molecule has 118 valence electrons. The Hall–Kier alpha value is -2.87. The molecular weight excluding hydrogens is 318 g/mol. The molecule has 0 spiro atoms. The summed E-state index contributed by atoms with van der Waals surface area (Å²) in [6.07, 6.45) is 1.51. The van der Waals surface area contributed by atoms with Gasteiger partial charge in [0.25, 0.3) is 11.5 Å². The minimum Gasteiger partial charge on any atom is -0.497 e. The number of methoxy groups -OCH3 is 1. The van der Waals surface area contributed by atoms with E-state index in [1.165, 1.54) is 21.9 Å². The number of aromatic nitrogens is 2. The van der Waals surface area contributed by atoms with Gasteiger partial charge in [0.15, 0.2) is 10.5 Å². The Kier molecular flexibility index (Phi) is 3.98. The van der Waals surface area contributed by atoms with Gasteiger partial charge in [-0.2, -0.15) is 4.98 Å². The fourth-order valence-electron chi connectivity index (χ4n) is 2.12. The highest BCUT2D eigenvalue weighted by Gasteiger charge is 2.20. The first kappa shape index (κ1) is 15.0. The molecule has 0 radical (unpaired) electrons. The van der Waals surface area contributed by atoms with Crippen LogP contribution in [0.3, 0.4) is 0 Å². The summed E-state index contributed by atoms with van der Waals surface area (Å²) in [5.74, 6) is -0.579. The predicted octanol–water partition coefficient (Wildman–Crippen LogP) is 1.40. The Morgan fingerprint density at radius 2 is 2.30 bits per heavy atom. The number of nitrogens with one attached hydrogen (secondary N) is 1. The maximum absolute atomic E-state index is 12.3. The number of amides is 1. The van der Waals surface area contributed by atoms with Gasteiger partial charge in [-0.15, -0.1) is 11.3 Å². The van der Waals surface area contributed by atoms with E-state index < -0.39 is 17.3 Å². The highest BCUT2D eigenvalue weighted by Crippen LogP contribution is 2.15. The number of thiazole rings is 1. The summed E-state index contributed by atoms with van der Waals surface area (Å²) in [6, 6.07) is 7.17. The first-order valence-electron chi connectivity index (χ1n) is 6.70. The van der Waals surface area contributed by atoms with Crippen LogP contribution in [-0.4, -0.2) is 27.5 Å². The van der Waals surface area contributed by atoms with E-state index in [-0.39, 0.29) is 12.1 Å². The summed E-state index contributed by atoms with van der Waals surface area (Å²) in [5.41, 5.74) is -0.164. The second-order valence-electron chi connectivity index (χ2n) is 4.71. The number of ether oxygens (including phenoxy) is 1. The molecule has 0 bridgehead atoms. The summed E-state index contributed by atoms with van der Waals surface area (Å²) in [4.78, 5) is 28.7. The number of carbonyl (C=O) groups is 1. The third kappa shape index (κ3) is 2.88. The lowest BCUT2D eigenvalue weighted by atomic mass is 10.2. The van der Waals surface area contributed by atoms with E-state index in [0.29, 0.717) is 10.7 Å². The minimum atomic E-state index is -0.677. The highest BCUT2D eigenvalue weighted by atomic mass is 32.1. The van der Waals surface area contributed by atoms with E-state index in [9.17, 15) is 14.7 Å². The van der Waals surface area contributed by atoms with Crippen LogP contribution in [0.15, 0.2) is 40.6 Å². The molecule has 7 nitrogen and oxygen atoms in total. The van der Waals surface area contributed by atoms with Crippen LogP contribution in [0, 0.1) is 0 Å². The molecule has 2 aromatic heterocycles. The van der Waals surface area contributed by atoms with Gasteiger partial charge in [0, 0.05) is 18.1 Å². The van der Waals surface area contributed by atoms with Crippen molar-refractivity contribution in [3.05, 3.63) is 57.3 Å². The van der Waals surface area contributed by atoms with Crippen molar-refractivity contribution < 1.29 is 14.6 Å². The summed E-state index contributed by atoms with van der Waals surface area (Å²) in [6.45, 7) is 0.196. The van der Waals surface area contributed by atoms with Crippen molar-refractivity contribution in [2.24, 2.45) is 0 Å². The molecule has 0 fully saturated rings. The standard InChI is InChI=1S/C15H13N3O4S/c1-22-10-4-2-3-9(7-10)8-16-12(19)11-13(20)17-15-18(14(11)21)5-6-23-15/h2-7,20H,8H2,1H3,(H,16,19). The van der Waals surface area contributed by atoms with Gasteiger partial charge >= 0.3 is 0 Å². The first-order valence-corrected chi connectivity index (χ1v) is 7.58. The van der Waals surface area contributed by atoms with Gasteiger partial charge < -0.3 is 15.2 Å². The van der Waals surface area contributed by atoms with Crippen molar-refractivity contribution in [3.63, 3.8) is 0 Å². The van der Waals surface area contributed by atoms with Crippen LogP contribution in [0.1, 0.15) is 15.9 Å². The lowest BCUT2D eigenvalue weighted by Gasteiger charge is -2.07. The van der Waals surface area contributed by atoms with Crippen LogP contribution in [0.4, 0.5) is 0 Å². The molecule has 0 saturated heterocycles. The second-order valence-corrected chi connectivity index (χ2v) is 5.58. The Morgan fingerprint density at radius 1 is 1.48 bits per heavy atom. The molecular formula is C15H13N3O4S. The zero-order chi connectivity index (χ0) is 16.4. The van der Waals surface area contributed by atoms with Gasteiger partial charge in [-0.25, -0.2) is 0 Å². The predicted molar refractivity (Wildman–Crippen MR) is 85.2 cm³/mol. The largest absolute Gasteiger partial charge is 0.497 e. The molecule has 8 heteroatoms. The smallest absolute Gasteiger partial charge is 0.275 e. The fourth-order valence-corrected chi connectivity index (χ4v) is 2.82. The molecule has 0 aliphatic heterocycles. The van der Waals surface area contributed by atoms with Crippen molar-refractivity contribution in [2.75, 3.05) is 7.11 Å². The van der Waals surface area contributed by atoms with Crippen LogP contribution < -0.4 is 15.6 Å². The van der Waals surface area contributed by atoms with Gasteiger partial charge in [-0.05, 0) is 17.7 Å². The van der Waals surface area contributed by atoms with Crippen molar-refractivity contribution in [1.82, 2.24) is 14.7 Å². The molecule has 1 amide bonds. The molecule has 0 atom stereocenters. The molecule has 0 unspecified atom stereocenters. The van der Waals surface area contributed by atoms with E-state index >= 15 is 0 Å². The Labute approximate surface area is 134 Å². The molecule has 0 aliphatic rings. The van der Waals surface area contributed by atoms with E-state index in [0.717, 1.165) is 5.56 Å². The lowest BCUT2D eigenvalue weighted by Crippen LogP contribution is -2.31. The topological polar surface area (TPSA) is 92.9 Å². The third-order valence-electron chi connectivity index (χ3n) is 3.26. The number of hydrogen-bond acceptors (Lipinski definition) is 6. The highest BCUT2D eigenvalue weighted by molar-refractivity contribution is 7.15. The maximum atomic E-state index is 12.3. The normalized spacial score (nSPS) is 10.7. The van der Waals surface area contributed by atoms with Crippen molar-refractivity contribution >= 4 is 22.2 Å². The molecule has 1 aromatic carbocycles. The number of hydrogen-bond donors (Lipinski definition) is 2.